The lowest BCUT2D eigenvalue weighted by Crippen LogP contribution is -2.31. The molecule has 2 aromatic carbocycles. The lowest BCUT2D eigenvalue weighted by atomic mass is 10.1. The normalized spacial score (nSPS) is 14.5. The number of fused-ring (bicyclic) bond motifs is 1. The number of ether oxygens (including phenoxy) is 1. The van der Waals surface area contributed by atoms with E-state index >= 15 is 0 Å². The van der Waals surface area contributed by atoms with Crippen molar-refractivity contribution >= 4 is 5.65 Å². The minimum absolute atomic E-state index is 0.219. The van der Waals surface area contributed by atoms with E-state index in [1.165, 1.54) is 32.4 Å². The summed E-state index contributed by atoms with van der Waals surface area (Å²) < 4.78 is 21.8. The van der Waals surface area contributed by atoms with Crippen molar-refractivity contribution in [1.82, 2.24) is 19.5 Å². The molecule has 0 amide bonds. The van der Waals surface area contributed by atoms with Crippen LogP contribution in [0.15, 0.2) is 60.7 Å². The molecule has 1 saturated heterocycles. The summed E-state index contributed by atoms with van der Waals surface area (Å²) in [4.78, 5) is 7.22. The van der Waals surface area contributed by atoms with Crippen LogP contribution in [0.4, 0.5) is 4.39 Å². The monoisotopic (exact) mass is 458 g/mol. The van der Waals surface area contributed by atoms with E-state index in [9.17, 15) is 4.39 Å². The second-order valence-electron chi connectivity index (χ2n) is 9.10. The van der Waals surface area contributed by atoms with Gasteiger partial charge in [-0.3, -0.25) is 0 Å². The summed E-state index contributed by atoms with van der Waals surface area (Å²) >= 11 is 0. The molecule has 176 valence electrons. The number of halogens is 1. The standard InChI is InChI=1S/C28H31FN4O/c1-21-9-12-23(20-25(21)29)26-7-5-8-28-30-27(31-33(26)28)19-22-10-13-24(14-11-22)34-18-6-17-32-15-3-2-4-16-32/h5,7-14,20H,2-4,6,15-19H2,1H3. The van der Waals surface area contributed by atoms with Crippen molar-refractivity contribution in [2.45, 2.75) is 39.0 Å². The van der Waals surface area contributed by atoms with Crippen LogP contribution in [0, 0.1) is 12.7 Å². The average Bonchev–Trinajstić information content (AvgIpc) is 3.28. The van der Waals surface area contributed by atoms with Gasteiger partial charge in [0.15, 0.2) is 11.5 Å². The van der Waals surface area contributed by atoms with Gasteiger partial charge in [0.1, 0.15) is 11.6 Å². The zero-order chi connectivity index (χ0) is 23.3. The predicted octanol–water partition coefficient (Wildman–Crippen LogP) is 5.69. The predicted molar refractivity (Wildman–Crippen MR) is 133 cm³/mol. The van der Waals surface area contributed by atoms with Crippen molar-refractivity contribution in [3.8, 4) is 17.0 Å². The third-order valence-corrected chi connectivity index (χ3v) is 6.49. The molecule has 1 fully saturated rings. The molecule has 3 heterocycles. The SMILES string of the molecule is Cc1ccc(-c2cccc3nc(Cc4ccc(OCCCN5CCCCC5)cc4)nn23)cc1F. The van der Waals surface area contributed by atoms with Gasteiger partial charge in [0.2, 0.25) is 0 Å². The number of benzene rings is 2. The van der Waals surface area contributed by atoms with Crippen molar-refractivity contribution in [1.29, 1.82) is 0 Å². The number of aromatic nitrogens is 3. The molecule has 0 bridgehead atoms. The van der Waals surface area contributed by atoms with E-state index in [0.29, 0.717) is 12.0 Å². The summed E-state index contributed by atoms with van der Waals surface area (Å²) in [6.45, 7) is 6.09. The van der Waals surface area contributed by atoms with Gasteiger partial charge >= 0.3 is 0 Å². The van der Waals surface area contributed by atoms with Crippen molar-refractivity contribution in [2.24, 2.45) is 0 Å². The van der Waals surface area contributed by atoms with Gasteiger partial charge in [-0.2, -0.15) is 5.10 Å². The minimum atomic E-state index is -0.219. The van der Waals surface area contributed by atoms with Crippen LogP contribution in [0.5, 0.6) is 5.75 Å². The third kappa shape index (κ3) is 5.28. The molecule has 4 aromatic rings. The summed E-state index contributed by atoms with van der Waals surface area (Å²) in [7, 11) is 0. The Hall–Kier alpha value is -3.25. The molecule has 6 heteroatoms. The molecule has 0 unspecified atom stereocenters. The van der Waals surface area contributed by atoms with Crippen LogP contribution in [0.2, 0.25) is 0 Å². The number of rotatable bonds is 8. The molecule has 2 aromatic heterocycles. The first-order valence-corrected chi connectivity index (χ1v) is 12.2. The second kappa shape index (κ2) is 10.3. The first-order valence-electron chi connectivity index (χ1n) is 12.2. The topological polar surface area (TPSA) is 42.7 Å². The lowest BCUT2D eigenvalue weighted by Gasteiger charge is -2.26. The molecular weight excluding hydrogens is 427 g/mol. The van der Waals surface area contributed by atoms with Crippen LogP contribution >= 0.6 is 0 Å². The summed E-state index contributed by atoms with van der Waals surface area (Å²) in [5, 5.41) is 4.71. The molecular formula is C28H31FN4O. The summed E-state index contributed by atoms with van der Waals surface area (Å²) in [5.74, 6) is 1.41. The molecule has 0 N–H and O–H groups in total. The fraction of sp³-hybridized carbons (Fsp3) is 0.357. The van der Waals surface area contributed by atoms with E-state index < -0.39 is 0 Å². The van der Waals surface area contributed by atoms with Crippen LogP contribution in [-0.4, -0.2) is 45.7 Å². The zero-order valence-electron chi connectivity index (χ0n) is 19.7. The van der Waals surface area contributed by atoms with E-state index in [4.69, 9.17) is 9.84 Å². The first-order chi connectivity index (χ1) is 16.7. The van der Waals surface area contributed by atoms with Crippen LogP contribution in [0.3, 0.4) is 0 Å². The smallest absolute Gasteiger partial charge is 0.156 e. The highest BCUT2D eigenvalue weighted by Gasteiger charge is 2.12. The fourth-order valence-corrected chi connectivity index (χ4v) is 4.54. The van der Waals surface area contributed by atoms with Crippen LogP contribution in [0.25, 0.3) is 16.9 Å². The van der Waals surface area contributed by atoms with Crippen LogP contribution in [0.1, 0.15) is 42.6 Å². The lowest BCUT2D eigenvalue weighted by molar-refractivity contribution is 0.205. The molecule has 0 radical (unpaired) electrons. The number of hydrogen-bond acceptors (Lipinski definition) is 4. The number of pyridine rings is 1. The zero-order valence-corrected chi connectivity index (χ0v) is 19.7. The van der Waals surface area contributed by atoms with Crippen molar-refractivity contribution in [2.75, 3.05) is 26.2 Å². The Morgan fingerprint density at radius 1 is 0.971 bits per heavy atom. The average molecular weight is 459 g/mol. The highest BCUT2D eigenvalue weighted by molar-refractivity contribution is 5.63. The van der Waals surface area contributed by atoms with Crippen molar-refractivity contribution in [3.05, 3.63) is 83.4 Å². The largest absolute Gasteiger partial charge is 0.494 e. The number of nitrogens with zero attached hydrogens (tertiary/aromatic N) is 4. The van der Waals surface area contributed by atoms with Crippen molar-refractivity contribution in [3.63, 3.8) is 0 Å². The Labute approximate surface area is 200 Å². The van der Waals surface area contributed by atoms with Gasteiger partial charge in [-0.15, -0.1) is 0 Å². The van der Waals surface area contributed by atoms with E-state index in [0.717, 1.165) is 53.6 Å². The Bertz CT molecular complexity index is 1250. The summed E-state index contributed by atoms with van der Waals surface area (Å²) in [6.07, 6.45) is 5.71. The second-order valence-corrected chi connectivity index (χ2v) is 9.10. The highest BCUT2D eigenvalue weighted by atomic mass is 19.1. The Kier molecular flexibility index (Phi) is 6.86. The van der Waals surface area contributed by atoms with Gasteiger partial charge in [0.05, 0.1) is 12.3 Å². The number of aryl methyl sites for hydroxylation is 1. The van der Waals surface area contributed by atoms with Crippen LogP contribution in [-0.2, 0) is 6.42 Å². The van der Waals surface area contributed by atoms with Crippen molar-refractivity contribution < 1.29 is 9.13 Å². The van der Waals surface area contributed by atoms with Crippen LogP contribution < -0.4 is 4.74 Å². The minimum Gasteiger partial charge on any atom is -0.494 e. The number of piperidine rings is 1. The van der Waals surface area contributed by atoms with Gasteiger partial charge < -0.3 is 9.64 Å². The highest BCUT2D eigenvalue weighted by Crippen LogP contribution is 2.23. The Balaban J connectivity index is 1.21. The van der Waals surface area contributed by atoms with Gasteiger partial charge in [0, 0.05) is 18.5 Å². The first kappa shape index (κ1) is 22.5. The number of hydrogen-bond donors (Lipinski definition) is 0. The quantitative estimate of drug-likeness (QED) is 0.318. The summed E-state index contributed by atoms with van der Waals surface area (Å²) in [6, 6.07) is 19.2. The number of likely N-dealkylation sites (tertiary alicyclic amines) is 1. The molecule has 1 aliphatic heterocycles. The maximum absolute atomic E-state index is 14.1. The maximum atomic E-state index is 14.1. The molecule has 0 atom stereocenters. The van der Waals surface area contributed by atoms with Gasteiger partial charge in [-0.05, 0) is 80.7 Å². The fourth-order valence-electron chi connectivity index (χ4n) is 4.54. The molecule has 0 saturated carbocycles. The molecule has 1 aliphatic rings. The van der Waals surface area contributed by atoms with E-state index in [1.807, 2.05) is 36.4 Å². The van der Waals surface area contributed by atoms with E-state index in [-0.39, 0.29) is 5.82 Å². The van der Waals surface area contributed by atoms with Gasteiger partial charge in [-0.25, -0.2) is 13.9 Å². The van der Waals surface area contributed by atoms with Gasteiger partial charge in [0.25, 0.3) is 0 Å². The Morgan fingerprint density at radius 3 is 2.59 bits per heavy atom. The molecule has 5 rings (SSSR count). The molecule has 0 spiro atoms. The van der Waals surface area contributed by atoms with E-state index in [1.54, 1.807) is 23.6 Å². The van der Waals surface area contributed by atoms with Gasteiger partial charge in [-0.1, -0.05) is 36.8 Å². The molecule has 5 nitrogen and oxygen atoms in total. The Morgan fingerprint density at radius 2 is 1.79 bits per heavy atom. The third-order valence-electron chi connectivity index (χ3n) is 6.49. The molecule has 34 heavy (non-hydrogen) atoms. The maximum Gasteiger partial charge on any atom is 0.156 e. The molecule has 0 aliphatic carbocycles. The summed E-state index contributed by atoms with van der Waals surface area (Å²) in [5.41, 5.74) is 4.11. The van der Waals surface area contributed by atoms with E-state index in [2.05, 4.69) is 22.0 Å².